The van der Waals surface area contributed by atoms with E-state index in [0.717, 1.165) is 12.3 Å². The van der Waals surface area contributed by atoms with Gasteiger partial charge in [-0.3, -0.25) is 9.52 Å². The van der Waals surface area contributed by atoms with Gasteiger partial charge in [-0.1, -0.05) is 23.7 Å². The first-order valence-electron chi connectivity index (χ1n) is 9.24. The second-order valence-electron chi connectivity index (χ2n) is 6.60. The molecule has 0 fully saturated rings. The minimum absolute atomic E-state index is 0.0380. The van der Waals surface area contributed by atoms with Crippen molar-refractivity contribution in [2.45, 2.75) is 0 Å². The predicted octanol–water partition coefficient (Wildman–Crippen LogP) is 3.38. The van der Waals surface area contributed by atoms with Crippen LogP contribution in [-0.4, -0.2) is 37.1 Å². The van der Waals surface area contributed by atoms with E-state index in [4.69, 9.17) is 16.9 Å². The number of benzene rings is 2. The van der Waals surface area contributed by atoms with Gasteiger partial charge in [0.1, 0.15) is 17.4 Å². The average molecular weight is 490 g/mol. The van der Waals surface area contributed by atoms with Crippen molar-refractivity contribution in [1.29, 1.82) is 5.26 Å². The first-order chi connectivity index (χ1) is 15.7. The lowest BCUT2D eigenvalue weighted by atomic mass is 10.2. The van der Waals surface area contributed by atoms with E-state index < -0.39 is 21.7 Å². The van der Waals surface area contributed by atoms with Crippen LogP contribution in [0.4, 0.5) is 33.2 Å². The number of aromatic nitrogens is 2. The van der Waals surface area contributed by atoms with Crippen molar-refractivity contribution in [3.05, 3.63) is 65.1 Å². The molecule has 0 aliphatic carbocycles. The number of nitrogens with zero attached hydrogens (tertiary/aromatic N) is 3. The topological polar surface area (TPSA) is 149 Å². The van der Waals surface area contributed by atoms with Crippen LogP contribution >= 0.6 is 11.6 Å². The highest BCUT2D eigenvalue weighted by Crippen LogP contribution is 2.30. The van der Waals surface area contributed by atoms with Crippen LogP contribution in [0.2, 0.25) is 5.02 Å². The Morgan fingerprint density at radius 2 is 1.88 bits per heavy atom. The van der Waals surface area contributed by atoms with Crippen molar-refractivity contribution in [3.63, 3.8) is 0 Å². The molecule has 0 bridgehead atoms. The Morgan fingerprint density at radius 1 is 1.15 bits per heavy atom. The first kappa shape index (κ1) is 23.7. The molecular weight excluding hydrogens is 473 g/mol. The second-order valence-corrected chi connectivity index (χ2v) is 8.75. The lowest BCUT2D eigenvalue weighted by Crippen LogP contribution is -2.23. The number of nitriles is 1. The Morgan fingerprint density at radius 3 is 2.58 bits per heavy atom. The fraction of sp³-hybridized carbons (Fsp3) is 0.100. The quantitative estimate of drug-likeness (QED) is 0.352. The number of hydrogen-bond donors (Lipinski definition) is 4. The Hall–Kier alpha value is -3.95. The van der Waals surface area contributed by atoms with E-state index in [0.29, 0.717) is 5.69 Å². The van der Waals surface area contributed by atoms with Crippen molar-refractivity contribution in [2.24, 2.45) is 0 Å². The summed E-state index contributed by atoms with van der Waals surface area (Å²) in [5, 5.41) is 16.7. The summed E-state index contributed by atoms with van der Waals surface area (Å²) in [4.78, 5) is 20.3. The molecule has 1 heterocycles. The molecule has 0 radical (unpaired) electrons. The molecule has 0 saturated carbocycles. The van der Waals surface area contributed by atoms with Crippen LogP contribution in [0.25, 0.3) is 0 Å². The molecule has 4 N–H and O–H groups in total. The largest absolute Gasteiger partial charge is 0.339 e. The summed E-state index contributed by atoms with van der Waals surface area (Å²) in [5.74, 6) is -1.12. The Kier molecular flexibility index (Phi) is 7.27. The van der Waals surface area contributed by atoms with Crippen LogP contribution in [-0.2, 0) is 10.0 Å². The van der Waals surface area contributed by atoms with E-state index in [1.54, 1.807) is 30.3 Å². The fourth-order valence-electron chi connectivity index (χ4n) is 2.63. The lowest BCUT2D eigenvalue weighted by Gasteiger charge is -2.14. The summed E-state index contributed by atoms with van der Waals surface area (Å²) in [5.41, 5.74) is 0.692. The third-order valence-electron chi connectivity index (χ3n) is 4.02. The minimum atomic E-state index is -3.53. The normalized spacial score (nSPS) is 10.7. The summed E-state index contributed by atoms with van der Waals surface area (Å²) in [6.45, 7) is -0.191. The molecule has 0 aliphatic heterocycles. The van der Waals surface area contributed by atoms with Crippen LogP contribution in [0.1, 0.15) is 10.4 Å². The Balaban J connectivity index is 1.87. The van der Waals surface area contributed by atoms with Crippen molar-refractivity contribution in [2.75, 3.05) is 28.2 Å². The SMILES string of the molecule is CS(=O)(=O)Nc1ccccc1Nc1nc(Nc2cc(C(=O)NCC#N)ccc2F)ncc1Cl. The molecular formula is C20H17ClFN7O3S. The van der Waals surface area contributed by atoms with Gasteiger partial charge in [-0.25, -0.2) is 17.8 Å². The molecule has 0 spiro atoms. The molecule has 13 heteroatoms. The van der Waals surface area contributed by atoms with E-state index in [2.05, 4.69) is 30.6 Å². The zero-order valence-electron chi connectivity index (χ0n) is 17.1. The lowest BCUT2D eigenvalue weighted by molar-refractivity contribution is 0.0958. The molecule has 0 unspecified atom stereocenters. The van der Waals surface area contributed by atoms with Crippen molar-refractivity contribution in [1.82, 2.24) is 15.3 Å². The Labute approximate surface area is 193 Å². The molecule has 3 rings (SSSR count). The minimum Gasteiger partial charge on any atom is -0.339 e. The van der Waals surface area contributed by atoms with E-state index >= 15 is 0 Å². The van der Waals surface area contributed by atoms with Gasteiger partial charge in [0.05, 0.1) is 35.6 Å². The maximum Gasteiger partial charge on any atom is 0.252 e. The zero-order valence-corrected chi connectivity index (χ0v) is 18.6. The highest BCUT2D eigenvalue weighted by molar-refractivity contribution is 7.92. The van der Waals surface area contributed by atoms with Crippen LogP contribution in [0.3, 0.4) is 0 Å². The molecule has 3 aromatic rings. The zero-order chi connectivity index (χ0) is 24.0. The smallest absolute Gasteiger partial charge is 0.252 e. The summed E-state index contributed by atoms with van der Waals surface area (Å²) < 4.78 is 39.9. The maximum absolute atomic E-state index is 14.3. The number of hydrogen-bond acceptors (Lipinski definition) is 8. The van der Waals surface area contributed by atoms with Gasteiger partial charge < -0.3 is 16.0 Å². The molecule has 33 heavy (non-hydrogen) atoms. The Bertz CT molecular complexity index is 1350. The fourth-order valence-corrected chi connectivity index (χ4v) is 3.34. The number of para-hydroxylation sites is 2. The third-order valence-corrected chi connectivity index (χ3v) is 4.89. The monoisotopic (exact) mass is 489 g/mol. The van der Waals surface area contributed by atoms with Gasteiger partial charge >= 0.3 is 0 Å². The van der Waals surface area contributed by atoms with E-state index in [9.17, 15) is 17.6 Å². The van der Waals surface area contributed by atoms with Gasteiger partial charge in [0, 0.05) is 5.56 Å². The van der Waals surface area contributed by atoms with Crippen LogP contribution in [0.5, 0.6) is 0 Å². The molecule has 0 atom stereocenters. The van der Waals surface area contributed by atoms with Gasteiger partial charge in [-0.05, 0) is 30.3 Å². The number of rotatable bonds is 8. The van der Waals surface area contributed by atoms with Gasteiger partial charge in [-0.15, -0.1) is 0 Å². The summed E-state index contributed by atoms with van der Waals surface area (Å²) in [6.07, 6.45) is 2.29. The summed E-state index contributed by atoms with van der Waals surface area (Å²) >= 11 is 6.17. The number of nitrogens with one attached hydrogen (secondary N) is 4. The number of anilines is 5. The van der Waals surface area contributed by atoms with E-state index in [1.807, 2.05) is 0 Å². The van der Waals surface area contributed by atoms with Gasteiger partial charge in [-0.2, -0.15) is 10.2 Å². The average Bonchev–Trinajstić information content (AvgIpc) is 2.76. The van der Waals surface area contributed by atoms with Gasteiger partial charge in [0.15, 0.2) is 5.82 Å². The highest BCUT2D eigenvalue weighted by Gasteiger charge is 2.14. The second kappa shape index (κ2) is 10.1. The standard InChI is InChI=1S/C20H17ClFN7O3S/c1-33(31,32)29-16-5-3-2-4-15(16)26-18-13(21)11-25-20(28-18)27-17-10-12(6-7-14(17)22)19(30)24-9-8-23/h2-7,10-11,29H,9H2,1H3,(H,24,30)(H2,25,26,27,28). The van der Waals surface area contributed by atoms with Gasteiger partial charge in [0.2, 0.25) is 16.0 Å². The van der Waals surface area contributed by atoms with Crippen LogP contribution < -0.4 is 20.7 Å². The number of amides is 1. The molecule has 2 aromatic carbocycles. The molecule has 1 aromatic heterocycles. The molecule has 10 nitrogen and oxygen atoms in total. The van der Waals surface area contributed by atoms with Crippen LogP contribution in [0, 0.1) is 17.1 Å². The number of halogens is 2. The van der Waals surface area contributed by atoms with E-state index in [-0.39, 0.29) is 40.3 Å². The maximum atomic E-state index is 14.3. The number of carbonyl (C=O) groups excluding carboxylic acids is 1. The van der Waals surface area contributed by atoms with Crippen LogP contribution in [0.15, 0.2) is 48.7 Å². The van der Waals surface area contributed by atoms with Crippen molar-refractivity contribution >= 4 is 56.4 Å². The summed E-state index contributed by atoms with van der Waals surface area (Å²) in [6, 6.07) is 11.9. The van der Waals surface area contributed by atoms with Crippen molar-refractivity contribution in [3.8, 4) is 6.07 Å². The predicted molar refractivity (Wildman–Crippen MR) is 123 cm³/mol. The number of sulfonamides is 1. The number of carbonyl (C=O) groups is 1. The molecule has 0 aliphatic rings. The van der Waals surface area contributed by atoms with Crippen molar-refractivity contribution < 1.29 is 17.6 Å². The molecule has 0 saturated heterocycles. The molecule has 1 amide bonds. The first-order valence-corrected chi connectivity index (χ1v) is 11.5. The third kappa shape index (κ3) is 6.52. The summed E-state index contributed by atoms with van der Waals surface area (Å²) in [7, 11) is -3.53. The molecule has 170 valence electrons. The van der Waals surface area contributed by atoms with E-state index in [1.165, 1.54) is 18.3 Å². The van der Waals surface area contributed by atoms with Gasteiger partial charge in [0.25, 0.3) is 5.91 Å². The highest BCUT2D eigenvalue weighted by atomic mass is 35.5.